The fourth-order valence-electron chi connectivity index (χ4n) is 2.06. The third kappa shape index (κ3) is 2.34. The van der Waals surface area contributed by atoms with Gasteiger partial charge in [0.15, 0.2) is 0 Å². The van der Waals surface area contributed by atoms with Gasteiger partial charge in [0.05, 0.1) is 17.2 Å². The number of rotatable bonds is 4. The molecule has 1 atom stereocenters. The number of carbonyl (C=O) groups excluding carboxylic acids is 1. The lowest BCUT2D eigenvalue weighted by Crippen LogP contribution is -2.37. The van der Waals surface area contributed by atoms with E-state index in [0.717, 1.165) is 0 Å². The molecule has 106 valence electrons. The van der Waals surface area contributed by atoms with E-state index in [1.54, 1.807) is 13.8 Å². The van der Waals surface area contributed by atoms with Crippen LogP contribution in [0, 0.1) is 10.1 Å². The Balaban J connectivity index is 2.37. The molecule has 0 aliphatic carbocycles. The number of nitro benzene ring substituents is 1. The maximum Gasteiger partial charge on any atom is 0.358 e. The van der Waals surface area contributed by atoms with Crippen LogP contribution in [0.5, 0.6) is 0 Å². The van der Waals surface area contributed by atoms with Crippen LogP contribution in [0.25, 0.3) is 0 Å². The van der Waals surface area contributed by atoms with Crippen molar-refractivity contribution in [2.75, 3.05) is 6.61 Å². The van der Waals surface area contributed by atoms with Crippen molar-refractivity contribution in [2.45, 2.75) is 25.9 Å². The minimum Gasteiger partial charge on any atom is -0.463 e. The van der Waals surface area contributed by atoms with Crippen molar-refractivity contribution in [3.8, 4) is 0 Å². The Morgan fingerprint density at radius 3 is 2.60 bits per heavy atom. The number of hydrogen-bond donors (Lipinski definition) is 0. The van der Waals surface area contributed by atoms with E-state index < -0.39 is 16.5 Å². The Labute approximate surface area is 115 Å². The van der Waals surface area contributed by atoms with Gasteiger partial charge in [0.25, 0.3) is 11.3 Å². The molecule has 7 nitrogen and oxygen atoms in total. The van der Waals surface area contributed by atoms with Crippen LogP contribution in [0.1, 0.15) is 25.8 Å². The number of nitrogens with zero attached hydrogens (tertiary/aromatic N) is 2. The van der Waals surface area contributed by atoms with Crippen molar-refractivity contribution < 1.29 is 19.3 Å². The SMILES string of the molecule is CCOC(=O)[C@@]1(c2ccc([N+](=O)[O-])cc2)CC(C)=NO1. The first-order valence-corrected chi connectivity index (χ1v) is 6.13. The van der Waals surface area contributed by atoms with E-state index in [4.69, 9.17) is 9.57 Å². The van der Waals surface area contributed by atoms with Gasteiger partial charge in [-0.2, -0.15) is 0 Å². The van der Waals surface area contributed by atoms with Crippen LogP contribution in [0.3, 0.4) is 0 Å². The highest BCUT2D eigenvalue weighted by atomic mass is 16.7. The number of benzene rings is 1. The molecule has 0 fully saturated rings. The summed E-state index contributed by atoms with van der Waals surface area (Å²) in [6.07, 6.45) is 0.268. The second-order valence-corrected chi connectivity index (χ2v) is 4.45. The molecule has 0 aromatic heterocycles. The molecule has 0 amide bonds. The molecule has 1 aliphatic rings. The number of nitro groups is 1. The summed E-state index contributed by atoms with van der Waals surface area (Å²) in [5, 5.41) is 14.5. The highest BCUT2D eigenvalue weighted by Gasteiger charge is 2.49. The molecule has 0 unspecified atom stereocenters. The number of oxime groups is 1. The first-order chi connectivity index (χ1) is 9.49. The van der Waals surface area contributed by atoms with Crippen LogP contribution < -0.4 is 0 Å². The standard InChI is InChI=1S/C13H14N2O5/c1-3-19-12(16)13(8-9(2)14-20-13)10-4-6-11(7-5-10)15(17)18/h4-7H,3,8H2,1-2H3/t13-/m0/s1. The van der Waals surface area contributed by atoms with E-state index in [9.17, 15) is 14.9 Å². The Bertz CT molecular complexity index is 567. The molecule has 0 saturated heterocycles. The van der Waals surface area contributed by atoms with Gasteiger partial charge < -0.3 is 9.57 Å². The van der Waals surface area contributed by atoms with Gasteiger partial charge in [-0.05, 0) is 26.0 Å². The van der Waals surface area contributed by atoms with Gasteiger partial charge in [-0.25, -0.2) is 4.79 Å². The lowest BCUT2D eigenvalue weighted by molar-refractivity contribution is -0.384. The van der Waals surface area contributed by atoms with Crippen LogP contribution in [0.2, 0.25) is 0 Å². The molecular formula is C13H14N2O5. The third-order valence-electron chi connectivity index (χ3n) is 3.01. The number of non-ortho nitro benzene ring substituents is 1. The predicted molar refractivity (Wildman–Crippen MR) is 70.2 cm³/mol. The highest BCUT2D eigenvalue weighted by molar-refractivity contribution is 5.93. The van der Waals surface area contributed by atoms with Gasteiger partial charge in [0.1, 0.15) is 0 Å². The Hall–Kier alpha value is -2.44. The summed E-state index contributed by atoms with van der Waals surface area (Å²) in [4.78, 5) is 27.6. The zero-order chi connectivity index (χ0) is 14.8. The second-order valence-electron chi connectivity index (χ2n) is 4.45. The largest absolute Gasteiger partial charge is 0.463 e. The summed E-state index contributed by atoms with van der Waals surface area (Å²) in [5.41, 5.74) is -0.239. The normalized spacial score (nSPS) is 21.0. The maximum absolute atomic E-state index is 12.2. The molecule has 2 rings (SSSR count). The number of esters is 1. The quantitative estimate of drug-likeness (QED) is 0.478. The molecule has 1 aromatic rings. The van der Waals surface area contributed by atoms with Gasteiger partial charge >= 0.3 is 5.97 Å². The van der Waals surface area contributed by atoms with Crippen LogP contribution in [-0.2, 0) is 20.0 Å². The van der Waals surface area contributed by atoms with Crippen molar-refractivity contribution in [1.29, 1.82) is 0 Å². The van der Waals surface area contributed by atoms with Crippen LogP contribution in [0.15, 0.2) is 29.4 Å². The summed E-state index contributed by atoms with van der Waals surface area (Å²) in [7, 11) is 0. The van der Waals surface area contributed by atoms with Crippen molar-refractivity contribution in [3.05, 3.63) is 39.9 Å². The number of ether oxygens (including phenoxy) is 1. The van der Waals surface area contributed by atoms with Crippen molar-refractivity contribution in [2.24, 2.45) is 5.16 Å². The molecule has 0 N–H and O–H groups in total. The fraction of sp³-hybridized carbons (Fsp3) is 0.385. The van der Waals surface area contributed by atoms with E-state index in [2.05, 4.69) is 5.16 Å². The topological polar surface area (TPSA) is 91.0 Å². The van der Waals surface area contributed by atoms with Gasteiger partial charge in [0.2, 0.25) is 0 Å². The lowest BCUT2D eigenvalue weighted by atomic mass is 9.89. The summed E-state index contributed by atoms with van der Waals surface area (Å²) in [6.45, 7) is 3.66. The summed E-state index contributed by atoms with van der Waals surface area (Å²) in [5.74, 6) is -0.547. The Kier molecular flexibility index (Phi) is 3.69. The molecule has 7 heteroatoms. The van der Waals surface area contributed by atoms with E-state index in [1.807, 2.05) is 0 Å². The van der Waals surface area contributed by atoms with Crippen LogP contribution in [0.4, 0.5) is 5.69 Å². The first-order valence-electron chi connectivity index (χ1n) is 6.13. The third-order valence-corrected chi connectivity index (χ3v) is 3.01. The monoisotopic (exact) mass is 278 g/mol. The molecule has 0 saturated carbocycles. The zero-order valence-electron chi connectivity index (χ0n) is 11.2. The minimum atomic E-state index is -1.34. The summed E-state index contributed by atoms with van der Waals surface area (Å²) in [6, 6.07) is 5.63. The zero-order valence-corrected chi connectivity index (χ0v) is 11.2. The molecule has 20 heavy (non-hydrogen) atoms. The van der Waals surface area contributed by atoms with E-state index in [0.29, 0.717) is 11.3 Å². The second kappa shape index (κ2) is 5.28. The summed E-state index contributed by atoms with van der Waals surface area (Å²) >= 11 is 0. The first kappa shape index (κ1) is 14.0. The Morgan fingerprint density at radius 1 is 1.50 bits per heavy atom. The van der Waals surface area contributed by atoms with Gasteiger partial charge in [-0.3, -0.25) is 10.1 Å². The fourth-order valence-corrected chi connectivity index (χ4v) is 2.06. The molecular weight excluding hydrogens is 264 g/mol. The van der Waals surface area contributed by atoms with Crippen molar-refractivity contribution in [1.82, 2.24) is 0 Å². The number of carbonyl (C=O) groups is 1. The Morgan fingerprint density at radius 2 is 2.15 bits per heavy atom. The van der Waals surface area contributed by atoms with E-state index >= 15 is 0 Å². The molecule has 1 aromatic carbocycles. The predicted octanol–water partition coefficient (Wildman–Crippen LogP) is 2.15. The van der Waals surface area contributed by atoms with Crippen LogP contribution in [-0.4, -0.2) is 23.2 Å². The minimum absolute atomic E-state index is 0.0524. The number of hydrogen-bond acceptors (Lipinski definition) is 6. The maximum atomic E-state index is 12.2. The molecule has 0 radical (unpaired) electrons. The average molecular weight is 278 g/mol. The highest BCUT2D eigenvalue weighted by Crippen LogP contribution is 2.36. The lowest BCUT2D eigenvalue weighted by Gasteiger charge is -2.24. The van der Waals surface area contributed by atoms with E-state index in [1.165, 1.54) is 24.3 Å². The molecule has 1 aliphatic heterocycles. The molecule has 0 bridgehead atoms. The summed E-state index contributed by atoms with van der Waals surface area (Å²) < 4.78 is 5.04. The van der Waals surface area contributed by atoms with Crippen LogP contribution >= 0.6 is 0 Å². The van der Waals surface area contributed by atoms with Gasteiger partial charge in [0, 0.05) is 24.1 Å². The van der Waals surface area contributed by atoms with Crippen molar-refractivity contribution >= 4 is 17.4 Å². The van der Waals surface area contributed by atoms with Crippen molar-refractivity contribution in [3.63, 3.8) is 0 Å². The van der Waals surface area contributed by atoms with Gasteiger partial charge in [-0.15, -0.1) is 0 Å². The van der Waals surface area contributed by atoms with Gasteiger partial charge in [-0.1, -0.05) is 5.16 Å². The van der Waals surface area contributed by atoms with E-state index in [-0.39, 0.29) is 18.7 Å². The average Bonchev–Trinajstić information content (AvgIpc) is 2.83. The molecule has 0 spiro atoms. The molecule has 1 heterocycles. The smallest absolute Gasteiger partial charge is 0.358 e.